The van der Waals surface area contributed by atoms with E-state index < -0.39 is 0 Å². The van der Waals surface area contributed by atoms with E-state index in [1.165, 1.54) is 155 Å². The molecule has 27 heavy (non-hydrogen) atoms. The zero-order valence-corrected chi connectivity index (χ0v) is 18.9. The fourth-order valence-corrected chi connectivity index (χ4v) is 4.35. The van der Waals surface area contributed by atoms with Crippen LogP contribution in [0.2, 0.25) is 0 Å². The van der Waals surface area contributed by atoms with Crippen molar-refractivity contribution in [3.8, 4) is 0 Å². The molecule has 1 aliphatic rings. The smallest absolute Gasteiger partial charge is 0.0107 e. The maximum Gasteiger partial charge on any atom is 0.0107 e. The Bertz CT molecular complexity index is 273. The van der Waals surface area contributed by atoms with Gasteiger partial charge in [-0.25, -0.2) is 0 Å². The van der Waals surface area contributed by atoms with Gasteiger partial charge in [0.25, 0.3) is 0 Å². The van der Waals surface area contributed by atoms with E-state index in [0.29, 0.717) is 0 Å². The van der Waals surface area contributed by atoms with Crippen molar-refractivity contribution in [3.63, 3.8) is 0 Å². The molecule has 0 aromatic rings. The van der Waals surface area contributed by atoms with E-state index in [0.717, 1.165) is 0 Å². The molecule has 0 aromatic carbocycles. The molecule has 1 heterocycles. The van der Waals surface area contributed by atoms with E-state index in [4.69, 9.17) is 0 Å². The van der Waals surface area contributed by atoms with Crippen molar-refractivity contribution in [2.75, 3.05) is 32.7 Å². The largest absolute Gasteiger partial charge is 0.314 e. The first-order chi connectivity index (χ1) is 13.4. The molecule has 1 aliphatic heterocycles. The highest BCUT2D eigenvalue weighted by atomic mass is 15.2. The number of hydrogen-bond acceptors (Lipinski definition) is 2. The molecule has 1 saturated heterocycles. The van der Waals surface area contributed by atoms with E-state index >= 15 is 0 Å². The monoisotopic (exact) mass is 380 g/mol. The summed E-state index contributed by atoms with van der Waals surface area (Å²) in [7, 11) is 0. The lowest BCUT2D eigenvalue weighted by Gasteiger charge is -2.27. The minimum absolute atomic E-state index is 1.19. The van der Waals surface area contributed by atoms with Crippen molar-refractivity contribution in [1.29, 1.82) is 0 Å². The molecule has 1 fully saturated rings. The van der Waals surface area contributed by atoms with Crippen molar-refractivity contribution in [1.82, 2.24) is 10.2 Å². The molecule has 2 heteroatoms. The molecular formula is C25H52N2. The topological polar surface area (TPSA) is 15.3 Å². The fourth-order valence-electron chi connectivity index (χ4n) is 4.35. The summed E-state index contributed by atoms with van der Waals surface area (Å²) < 4.78 is 0. The van der Waals surface area contributed by atoms with Crippen molar-refractivity contribution in [2.24, 2.45) is 0 Å². The molecule has 0 radical (unpaired) electrons. The Balaban J connectivity index is 1.64. The predicted molar refractivity (Wildman–Crippen MR) is 123 cm³/mol. The van der Waals surface area contributed by atoms with Crippen LogP contribution in [0.25, 0.3) is 0 Å². The number of unbranched alkanes of at least 4 members (excludes halogenated alkanes) is 18. The van der Waals surface area contributed by atoms with Crippen LogP contribution in [0.1, 0.15) is 129 Å². The summed E-state index contributed by atoms with van der Waals surface area (Å²) in [5.41, 5.74) is 0. The number of hydrogen-bond donors (Lipinski definition) is 1. The minimum atomic E-state index is 1.19. The lowest BCUT2D eigenvalue weighted by molar-refractivity contribution is 0.236. The fraction of sp³-hybridized carbons (Fsp3) is 1.00. The average Bonchev–Trinajstić information content (AvgIpc) is 2.70. The second-order valence-corrected chi connectivity index (χ2v) is 8.96. The van der Waals surface area contributed by atoms with Crippen LogP contribution in [-0.2, 0) is 0 Å². The van der Waals surface area contributed by atoms with Crippen molar-refractivity contribution in [3.05, 3.63) is 0 Å². The highest BCUT2D eigenvalue weighted by Gasteiger charge is 2.07. The second-order valence-electron chi connectivity index (χ2n) is 8.96. The number of piperazine rings is 1. The summed E-state index contributed by atoms with van der Waals surface area (Å²) in [5.74, 6) is 0. The normalized spacial score (nSPS) is 15.4. The zero-order chi connectivity index (χ0) is 19.3. The molecule has 0 bridgehead atoms. The van der Waals surface area contributed by atoms with Crippen LogP contribution >= 0.6 is 0 Å². The van der Waals surface area contributed by atoms with Gasteiger partial charge in [0.2, 0.25) is 0 Å². The summed E-state index contributed by atoms with van der Waals surface area (Å²) in [6.07, 6.45) is 27.9. The van der Waals surface area contributed by atoms with E-state index in [9.17, 15) is 0 Å². The van der Waals surface area contributed by atoms with Crippen LogP contribution in [0, 0.1) is 0 Å². The molecule has 0 amide bonds. The highest BCUT2D eigenvalue weighted by Crippen LogP contribution is 2.14. The van der Waals surface area contributed by atoms with Gasteiger partial charge in [0.1, 0.15) is 0 Å². The van der Waals surface area contributed by atoms with E-state index in [2.05, 4.69) is 17.1 Å². The Hall–Kier alpha value is -0.0800. The Labute approximate surface area is 172 Å². The Morgan fingerprint density at radius 2 is 0.815 bits per heavy atom. The molecule has 0 aromatic heterocycles. The van der Waals surface area contributed by atoms with Crippen LogP contribution in [0.3, 0.4) is 0 Å². The maximum absolute atomic E-state index is 3.43. The van der Waals surface area contributed by atoms with Crippen LogP contribution in [0.5, 0.6) is 0 Å². The molecule has 2 nitrogen and oxygen atoms in total. The van der Waals surface area contributed by atoms with Crippen LogP contribution in [0.15, 0.2) is 0 Å². The molecule has 0 aliphatic carbocycles. The molecule has 0 unspecified atom stereocenters. The highest BCUT2D eigenvalue weighted by molar-refractivity contribution is 4.67. The lowest BCUT2D eigenvalue weighted by Crippen LogP contribution is -2.43. The van der Waals surface area contributed by atoms with E-state index in [1.807, 2.05) is 0 Å². The van der Waals surface area contributed by atoms with Gasteiger partial charge in [-0.05, 0) is 13.0 Å². The van der Waals surface area contributed by atoms with Gasteiger partial charge >= 0.3 is 0 Å². The number of nitrogens with zero attached hydrogens (tertiary/aromatic N) is 1. The summed E-state index contributed by atoms with van der Waals surface area (Å²) in [6.45, 7) is 8.55. The minimum Gasteiger partial charge on any atom is -0.314 e. The van der Waals surface area contributed by atoms with Crippen molar-refractivity contribution >= 4 is 0 Å². The number of rotatable bonds is 20. The first-order valence-electron chi connectivity index (χ1n) is 12.9. The average molecular weight is 381 g/mol. The molecule has 1 N–H and O–H groups in total. The van der Waals surface area contributed by atoms with Gasteiger partial charge in [0, 0.05) is 26.2 Å². The van der Waals surface area contributed by atoms with Gasteiger partial charge in [-0.1, -0.05) is 122 Å². The SMILES string of the molecule is CCCCCCCCCCCCCCCCCCCCCN1CCNCC1. The van der Waals surface area contributed by atoms with Gasteiger partial charge in [0.15, 0.2) is 0 Å². The van der Waals surface area contributed by atoms with Gasteiger partial charge in [-0.2, -0.15) is 0 Å². The summed E-state index contributed by atoms with van der Waals surface area (Å²) in [4.78, 5) is 2.63. The third kappa shape index (κ3) is 17.7. The molecular weight excluding hydrogens is 328 g/mol. The third-order valence-electron chi connectivity index (χ3n) is 6.29. The first-order valence-corrected chi connectivity index (χ1v) is 12.9. The maximum atomic E-state index is 3.43. The molecule has 162 valence electrons. The Morgan fingerprint density at radius 1 is 0.481 bits per heavy atom. The third-order valence-corrected chi connectivity index (χ3v) is 6.29. The zero-order valence-electron chi connectivity index (χ0n) is 18.9. The van der Waals surface area contributed by atoms with Gasteiger partial charge in [0.05, 0.1) is 0 Å². The van der Waals surface area contributed by atoms with Crippen LogP contribution in [-0.4, -0.2) is 37.6 Å². The van der Waals surface area contributed by atoms with Crippen molar-refractivity contribution in [2.45, 2.75) is 129 Å². The van der Waals surface area contributed by atoms with Crippen LogP contribution in [0.4, 0.5) is 0 Å². The Kier molecular flexibility index (Phi) is 19.1. The van der Waals surface area contributed by atoms with Gasteiger partial charge in [-0.15, -0.1) is 0 Å². The first kappa shape index (κ1) is 25.0. The molecule has 1 rings (SSSR count). The second kappa shape index (κ2) is 20.6. The molecule has 0 saturated carbocycles. The summed E-state index contributed by atoms with van der Waals surface area (Å²) in [5, 5.41) is 3.43. The van der Waals surface area contributed by atoms with Gasteiger partial charge < -0.3 is 10.2 Å². The quantitative estimate of drug-likeness (QED) is 0.222. The van der Waals surface area contributed by atoms with Crippen LogP contribution < -0.4 is 5.32 Å². The number of nitrogens with one attached hydrogen (secondary N) is 1. The van der Waals surface area contributed by atoms with Gasteiger partial charge in [-0.3, -0.25) is 0 Å². The van der Waals surface area contributed by atoms with Crippen molar-refractivity contribution < 1.29 is 0 Å². The lowest BCUT2D eigenvalue weighted by atomic mass is 10.0. The molecule has 0 spiro atoms. The Morgan fingerprint density at radius 3 is 1.19 bits per heavy atom. The standard InChI is InChI=1S/C25H52N2/c1-2-3-4-5-6-7-8-9-10-11-12-13-14-15-16-17-18-19-20-23-27-24-21-26-22-25-27/h26H,2-25H2,1H3. The molecule has 0 atom stereocenters. The summed E-state index contributed by atoms with van der Waals surface area (Å²) in [6, 6.07) is 0. The van der Waals surface area contributed by atoms with E-state index in [1.54, 1.807) is 0 Å². The van der Waals surface area contributed by atoms with E-state index in [-0.39, 0.29) is 0 Å². The summed E-state index contributed by atoms with van der Waals surface area (Å²) >= 11 is 0. The predicted octanol–water partition coefficient (Wildman–Crippen LogP) is 7.32.